The predicted octanol–water partition coefficient (Wildman–Crippen LogP) is 6.12. The van der Waals surface area contributed by atoms with Crippen molar-refractivity contribution in [3.63, 3.8) is 0 Å². The molecule has 2 amide bonds. The Balaban J connectivity index is 1.77. The van der Waals surface area contributed by atoms with Gasteiger partial charge in [0.25, 0.3) is 0 Å². The molecule has 0 radical (unpaired) electrons. The van der Waals surface area contributed by atoms with E-state index in [4.69, 9.17) is 4.74 Å². The summed E-state index contributed by atoms with van der Waals surface area (Å²) in [5, 5.41) is 5.16. The van der Waals surface area contributed by atoms with E-state index in [1.807, 2.05) is 48.7 Å². The van der Waals surface area contributed by atoms with Crippen molar-refractivity contribution in [1.29, 1.82) is 0 Å². The Morgan fingerprint density at radius 2 is 1.78 bits per heavy atom. The number of hydrogen-bond donors (Lipinski definition) is 1. The largest absolute Gasteiger partial charge is 0.494 e. The van der Waals surface area contributed by atoms with Gasteiger partial charge in [0.05, 0.1) is 13.0 Å². The van der Waals surface area contributed by atoms with Crippen LogP contribution in [0.5, 0.6) is 5.75 Å². The maximum Gasteiger partial charge on any atom is 0.248 e. The third kappa shape index (κ3) is 6.86. The average molecular weight is 519 g/mol. The van der Waals surface area contributed by atoms with Gasteiger partial charge in [-0.1, -0.05) is 49.6 Å². The molecule has 0 aliphatic heterocycles. The van der Waals surface area contributed by atoms with E-state index < -0.39 is 6.04 Å². The van der Waals surface area contributed by atoms with Crippen molar-refractivity contribution in [2.45, 2.75) is 64.5 Å². The number of ketones is 1. The molecular weight excluding hydrogens is 484 g/mol. The molecule has 2 aromatic carbocycles. The van der Waals surface area contributed by atoms with Gasteiger partial charge in [-0.25, -0.2) is 0 Å². The Bertz CT molecular complexity index is 1200. The molecule has 1 heterocycles. The van der Waals surface area contributed by atoms with Crippen molar-refractivity contribution < 1.29 is 19.1 Å². The summed E-state index contributed by atoms with van der Waals surface area (Å²) in [6, 6.07) is 17.3. The van der Waals surface area contributed by atoms with Crippen LogP contribution in [0.4, 0.5) is 5.69 Å². The lowest BCUT2D eigenvalue weighted by Crippen LogP contribution is -2.47. The van der Waals surface area contributed by atoms with E-state index >= 15 is 0 Å². The smallest absolute Gasteiger partial charge is 0.248 e. The van der Waals surface area contributed by atoms with Gasteiger partial charge in [-0.05, 0) is 68.0 Å². The monoisotopic (exact) mass is 518 g/mol. The molecule has 7 heteroatoms. The summed E-state index contributed by atoms with van der Waals surface area (Å²) < 4.78 is 5.61. The SMILES string of the molecule is CCOc1ccc(C(C(=O)NC2CCCCC2)N(C(=O)Cc2cccs2)c2cccc(C(C)=O)c2)cc1. The summed E-state index contributed by atoms with van der Waals surface area (Å²) in [6.45, 7) is 3.95. The van der Waals surface area contributed by atoms with Crippen LogP contribution in [0, 0.1) is 0 Å². The summed E-state index contributed by atoms with van der Waals surface area (Å²) in [5.41, 5.74) is 1.70. The lowest BCUT2D eigenvalue weighted by atomic mass is 9.94. The first-order valence-electron chi connectivity index (χ1n) is 12.9. The van der Waals surface area contributed by atoms with E-state index in [9.17, 15) is 14.4 Å². The summed E-state index contributed by atoms with van der Waals surface area (Å²) in [6.07, 6.45) is 5.38. The highest BCUT2D eigenvalue weighted by Gasteiger charge is 2.34. The van der Waals surface area contributed by atoms with Crippen LogP contribution in [0.2, 0.25) is 0 Å². The van der Waals surface area contributed by atoms with Gasteiger partial charge < -0.3 is 10.1 Å². The van der Waals surface area contributed by atoms with E-state index in [2.05, 4.69) is 5.32 Å². The molecule has 37 heavy (non-hydrogen) atoms. The van der Waals surface area contributed by atoms with Gasteiger partial charge in [-0.3, -0.25) is 19.3 Å². The summed E-state index contributed by atoms with van der Waals surface area (Å²) in [5.74, 6) is 0.175. The van der Waals surface area contributed by atoms with Crippen LogP contribution in [-0.4, -0.2) is 30.2 Å². The van der Waals surface area contributed by atoms with E-state index in [-0.39, 0.29) is 30.1 Å². The van der Waals surface area contributed by atoms with E-state index in [1.165, 1.54) is 24.7 Å². The fourth-order valence-corrected chi connectivity index (χ4v) is 5.51. The number of Topliss-reactive ketones (excluding diaryl/α,β-unsaturated/α-hetero) is 1. The average Bonchev–Trinajstić information content (AvgIpc) is 3.41. The number of hydrogen-bond acceptors (Lipinski definition) is 5. The molecule has 3 aromatic rings. The van der Waals surface area contributed by atoms with Crippen LogP contribution in [0.15, 0.2) is 66.0 Å². The second-order valence-electron chi connectivity index (χ2n) is 9.37. The van der Waals surface area contributed by atoms with Crippen LogP contribution < -0.4 is 15.0 Å². The molecule has 1 N–H and O–H groups in total. The third-order valence-electron chi connectivity index (χ3n) is 6.67. The van der Waals surface area contributed by atoms with Crippen LogP contribution in [0.25, 0.3) is 0 Å². The number of nitrogens with one attached hydrogen (secondary N) is 1. The zero-order valence-electron chi connectivity index (χ0n) is 21.4. The fourth-order valence-electron chi connectivity index (χ4n) is 4.82. The highest BCUT2D eigenvalue weighted by atomic mass is 32.1. The van der Waals surface area contributed by atoms with Gasteiger partial charge in [0.1, 0.15) is 11.8 Å². The quantitative estimate of drug-likeness (QED) is 0.328. The normalized spacial score (nSPS) is 14.5. The van der Waals surface area contributed by atoms with Crippen molar-refractivity contribution in [3.05, 3.63) is 82.0 Å². The zero-order chi connectivity index (χ0) is 26.2. The number of carbonyl (C=O) groups is 3. The number of ether oxygens (including phenoxy) is 1. The molecule has 1 fully saturated rings. The van der Waals surface area contributed by atoms with Crippen LogP contribution in [0.1, 0.15) is 72.8 Å². The molecular formula is C30H34N2O4S. The number of anilines is 1. The predicted molar refractivity (Wildman–Crippen MR) is 147 cm³/mol. The Kier molecular flexibility index (Phi) is 9.12. The van der Waals surface area contributed by atoms with Gasteiger partial charge in [0.15, 0.2) is 5.78 Å². The first-order chi connectivity index (χ1) is 18.0. The molecule has 0 saturated heterocycles. The lowest BCUT2D eigenvalue weighted by molar-refractivity contribution is -0.127. The molecule has 0 bridgehead atoms. The molecule has 194 valence electrons. The minimum Gasteiger partial charge on any atom is -0.494 e. The summed E-state index contributed by atoms with van der Waals surface area (Å²) >= 11 is 1.51. The second kappa shape index (κ2) is 12.7. The highest BCUT2D eigenvalue weighted by molar-refractivity contribution is 7.10. The number of thiophene rings is 1. The first kappa shape index (κ1) is 26.6. The minimum atomic E-state index is -0.896. The van der Waals surface area contributed by atoms with Crippen LogP contribution in [-0.2, 0) is 16.0 Å². The third-order valence-corrected chi connectivity index (χ3v) is 7.55. The Hall–Kier alpha value is -3.45. The summed E-state index contributed by atoms with van der Waals surface area (Å²) in [7, 11) is 0. The maximum atomic E-state index is 14.0. The Morgan fingerprint density at radius 3 is 2.43 bits per heavy atom. The molecule has 1 aliphatic carbocycles. The number of rotatable bonds is 10. The number of nitrogens with zero attached hydrogens (tertiary/aromatic N) is 1. The second-order valence-corrected chi connectivity index (χ2v) is 10.4. The van der Waals surface area contributed by atoms with E-state index in [0.29, 0.717) is 29.2 Å². The molecule has 4 rings (SSSR count). The Labute approximate surface area is 222 Å². The lowest BCUT2D eigenvalue weighted by Gasteiger charge is -2.33. The first-order valence-corrected chi connectivity index (χ1v) is 13.8. The number of benzene rings is 2. The standard InChI is InChI=1S/C30H34N2O4S/c1-3-36-26-16-14-22(15-17-26)29(30(35)31-24-10-5-4-6-11-24)32(28(34)20-27-13-8-18-37-27)25-12-7-9-23(19-25)21(2)33/h7-9,12-19,24,29H,3-6,10-11,20H2,1-2H3,(H,31,35). The van der Waals surface area contributed by atoms with Crippen molar-refractivity contribution in [2.24, 2.45) is 0 Å². The van der Waals surface area contributed by atoms with E-state index in [1.54, 1.807) is 29.2 Å². The molecule has 1 unspecified atom stereocenters. The topological polar surface area (TPSA) is 75.7 Å². The molecule has 6 nitrogen and oxygen atoms in total. The van der Waals surface area contributed by atoms with Crippen molar-refractivity contribution >= 4 is 34.6 Å². The zero-order valence-corrected chi connectivity index (χ0v) is 22.3. The molecule has 0 spiro atoms. The number of amides is 2. The minimum absolute atomic E-state index is 0.0873. The van der Waals surface area contributed by atoms with Gasteiger partial charge in [0, 0.05) is 22.2 Å². The van der Waals surface area contributed by atoms with Gasteiger partial charge in [0.2, 0.25) is 11.8 Å². The van der Waals surface area contributed by atoms with Gasteiger partial charge in [-0.15, -0.1) is 11.3 Å². The fraction of sp³-hybridized carbons (Fsp3) is 0.367. The van der Waals surface area contributed by atoms with Crippen molar-refractivity contribution in [1.82, 2.24) is 5.32 Å². The van der Waals surface area contributed by atoms with Gasteiger partial charge in [-0.2, -0.15) is 0 Å². The highest BCUT2D eigenvalue weighted by Crippen LogP contribution is 2.32. The molecule has 1 aromatic heterocycles. The molecule has 1 atom stereocenters. The summed E-state index contributed by atoms with van der Waals surface area (Å²) in [4.78, 5) is 42.5. The van der Waals surface area contributed by atoms with Crippen LogP contribution >= 0.6 is 11.3 Å². The van der Waals surface area contributed by atoms with Crippen LogP contribution in [0.3, 0.4) is 0 Å². The molecule has 1 saturated carbocycles. The van der Waals surface area contributed by atoms with E-state index in [0.717, 1.165) is 30.6 Å². The van der Waals surface area contributed by atoms with Crippen molar-refractivity contribution in [3.8, 4) is 5.75 Å². The maximum absolute atomic E-state index is 14.0. The number of carbonyl (C=O) groups excluding carboxylic acids is 3. The Morgan fingerprint density at radius 1 is 1.03 bits per heavy atom. The molecule has 1 aliphatic rings. The van der Waals surface area contributed by atoms with Crippen molar-refractivity contribution in [2.75, 3.05) is 11.5 Å². The van der Waals surface area contributed by atoms with Gasteiger partial charge >= 0.3 is 0 Å².